The van der Waals surface area contributed by atoms with Crippen molar-refractivity contribution < 1.29 is 0 Å². The number of hydrogen-bond acceptors (Lipinski definition) is 4. The molecule has 2 nitrogen and oxygen atoms in total. The van der Waals surface area contributed by atoms with Crippen LogP contribution in [0.25, 0.3) is 10.9 Å². The molecule has 4 heteroatoms. The van der Waals surface area contributed by atoms with E-state index >= 15 is 0 Å². The molecule has 20 heavy (non-hydrogen) atoms. The maximum absolute atomic E-state index is 6.55. The van der Waals surface area contributed by atoms with Gasteiger partial charge in [0.2, 0.25) is 0 Å². The monoisotopic (exact) mass is 304 g/mol. The minimum absolute atomic E-state index is 0.0786. The molecule has 0 radical (unpaired) electrons. The van der Waals surface area contributed by atoms with Gasteiger partial charge in [0.05, 0.1) is 5.52 Å². The van der Waals surface area contributed by atoms with E-state index in [1.54, 1.807) is 0 Å². The third-order valence-electron chi connectivity index (χ3n) is 3.84. The molecule has 1 fully saturated rings. The minimum Gasteiger partial charge on any atom is -0.323 e. The third kappa shape index (κ3) is 2.83. The molecule has 0 bridgehead atoms. The Labute approximate surface area is 128 Å². The Balaban J connectivity index is 1.89. The molecule has 3 rings (SSSR count). The van der Waals surface area contributed by atoms with Crippen LogP contribution in [0.5, 0.6) is 0 Å². The molecule has 1 aromatic carbocycles. The summed E-state index contributed by atoms with van der Waals surface area (Å²) in [5.41, 5.74) is 8.76. The molecule has 2 aromatic rings. The number of para-hydroxylation sites is 1. The van der Waals surface area contributed by atoms with E-state index in [-0.39, 0.29) is 6.04 Å². The normalized spacial score (nSPS) is 24.7. The molecule has 1 aromatic heterocycles. The zero-order valence-corrected chi connectivity index (χ0v) is 13.3. The summed E-state index contributed by atoms with van der Waals surface area (Å²) >= 11 is 4.11. The number of benzene rings is 1. The van der Waals surface area contributed by atoms with E-state index < -0.39 is 0 Å². The molecule has 0 spiro atoms. The van der Waals surface area contributed by atoms with Gasteiger partial charge in [-0.3, -0.25) is 4.98 Å². The fourth-order valence-electron chi connectivity index (χ4n) is 2.73. The lowest BCUT2D eigenvalue weighted by Crippen LogP contribution is -2.35. The molecular weight excluding hydrogens is 284 g/mol. The number of aromatic nitrogens is 1. The average Bonchev–Trinajstić information content (AvgIpc) is 2.53. The van der Waals surface area contributed by atoms with Crippen LogP contribution in [0.1, 0.15) is 24.9 Å². The first-order chi connectivity index (χ1) is 9.79. The van der Waals surface area contributed by atoms with Crippen molar-refractivity contribution in [2.24, 2.45) is 5.73 Å². The highest BCUT2D eigenvalue weighted by Gasteiger charge is 2.31. The van der Waals surface area contributed by atoms with E-state index in [1.165, 1.54) is 28.9 Å². The molecule has 2 N–H and O–H groups in total. The molecule has 106 valence electrons. The van der Waals surface area contributed by atoms with Gasteiger partial charge in [0.1, 0.15) is 0 Å². The smallest absolute Gasteiger partial charge is 0.0702 e. The lowest BCUT2D eigenvalue weighted by Gasteiger charge is -2.34. The summed E-state index contributed by atoms with van der Waals surface area (Å²) in [4.78, 5) is 4.55. The lowest BCUT2D eigenvalue weighted by molar-refractivity contribution is 0.629. The molecule has 0 saturated carbocycles. The van der Waals surface area contributed by atoms with Crippen molar-refractivity contribution in [3.63, 3.8) is 0 Å². The lowest BCUT2D eigenvalue weighted by atomic mass is 10.0. The van der Waals surface area contributed by atoms with Crippen LogP contribution in [0, 0.1) is 0 Å². The van der Waals surface area contributed by atoms with Gasteiger partial charge in [0.15, 0.2) is 0 Å². The van der Waals surface area contributed by atoms with Crippen molar-refractivity contribution in [1.82, 2.24) is 4.98 Å². The Morgan fingerprint density at radius 2 is 2.10 bits per heavy atom. The van der Waals surface area contributed by atoms with Crippen molar-refractivity contribution >= 4 is 34.4 Å². The number of nitrogens with two attached hydrogens (primary N) is 1. The third-order valence-corrected chi connectivity index (χ3v) is 7.22. The van der Waals surface area contributed by atoms with Gasteiger partial charge in [-0.25, -0.2) is 0 Å². The van der Waals surface area contributed by atoms with Crippen LogP contribution in [0.4, 0.5) is 0 Å². The standard InChI is InChI=1S/C16H20N2S2/c1-2-14-16(20-8-7-19-14)15(17)12-9-11-5-3-4-6-13(11)18-10-12/h3-6,9-10,14-16H,2,7-8,17H2,1H3. The maximum Gasteiger partial charge on any atom is 0.0702 e. The van der Waals surface area contributed by atoms with Crippen molar-refractivity contribution in [3.05, 3.63) is 42.1 Å². The summed E-state index contributed by atoms with van der Waals surface area (Å²) < 4.78 is 0. The second-order valence-electron chi connectivity index (χ2n) is 5.14. The molecular formula is C16H20N2S2. The van der Waals surface area contributed by atoms with Gasteiger partial charge in [-0.2, -0.15) is 23.5 Å². The summed E-state index contributed by atoms with van der Waals surface area (Å²) in [5.74, 6) is 2.46. The topological polar surface area (TPSA) is 38.9 Å². The highest BCUT2D eigenvalue weighted by atomic mass is 32.2. The van der Waals surface area contributed by atoms with Crippen LogP contribution < -0.4 is 5.73 Å². The Morgan fingerprint density at radius 1 is 1.30 bits per heavy atom. The minimum atomic E-state index is 0.0786. The van der Waals surface area contributed by atoms with E-state index in [2.05, 4.69) is 41.9 Å². The van der Waals surface area contributed by atoms with Crippen LogP contribution in [0.2, 0.25) is 0 Å². The summed E-state index contributed by atoms with van der Waals surface area (Å²) in [6.07, 6.45) is 3.15. The Hall–Kier alpha value is -0.710. The first-order valence-corrected chi connectivity index (χ1v) is 9.23. The van der Waals surface area contributed by atoms with Crippen molar-refractivity contribution in [1.29, 1.82) is 0 Å². The summed E-state index contributed by atoms with van der Waals surface area (Å²) in [7, 11) is 0. The first-order valence-electron chi connectivity index (χ1n) is 7.13. The Morgan fingerprint density at radius 3 is 2.95 bits per heavy atom. The van der Waals surface area contributed by atoms with Gasteiger partial charge in [-0.1, -0.05) is 25.1 Å². The van der Waals surface area contributed by atoms with Gasteiger partial charge in [0, 0.05) is 39.6 Å². The maximum atomic E-state index is 6.55. The van der Waals surface area contributed by atoms with Gasteiger partial charge >= 0.3 is 0 Å². The molecule has 1 saturated heterocycles. The number of rotatable bonds is 3. The van der Waals surface area contributed by atoms with Crippen LogP contribution in [0.3, 0.4) is 0 Å². The largest absolute Gasteiger partial charge is 0.323 e. The highest BCUT2D eigenvalue weighted by molar-refractivity contribution is 8.07. The molecule has 0 amide bonds. The SMILES string of the molecule is CCC1SCCSC1C(N)c1cnc2ccccc2c1. The van der Waals surface area contributed by atoms with Crippen molar-refractivity contribution in [3.8, 4) is 0 Å². The van der Waals surface area contributed by atoms with Crippen LogP contribution >= 0.6 is 23.5 Å². The van der Waals surface area contributed by atoms with Gasteiger partial charge in [-0.05, 0) is 24.1 Å². The van der Waals surface area contributed by atoms with Crippen molar-refractivity contribution in [2.45, 2.75) is 29.9 Å². The molecule has 1 aliphatic heterocycles. The number of hydrogen-bond donors (Lipinski definition) is 1. The predicted molar refractivity (Wildman–Crippen MR) is 91.5 cm³/mol. The van der Waals surface area contributed by atoms with E-state index in [0.717, 1.165) is 5.52 Å². The molecule has 1 aliphatic rings. The Bertz CT molecular complexity index is 587. The second-order valence-corrected chi connectivity index (χ2v) is 7.77. The van der Waals surface area contributed by atoms with Gasteiger partial charge in [0.25, 0.3) is 0 Å². The summed E-state index contributed by atoms with van der Waals surface area (Å²) in [6.45, 7) is 2.27. The number of pyridine rings is 1. The number of fused-ring (bicyclic) bond motifs is 1. The van der Waals surface area contributed by atoms with Crippen LogP contribution in [-0.2, 0) is 0 Å². The predicted octanol–water partition coefficient (Wildman–Crippen LogP) is 3.86. The molecule has 2 heterocycles. The molecule has 3 atom stereocenters. The van der Waals surface area contributed by atoms with Crippen LogP contribution in [-0.4, -0.2) is 27.0 Å². The average molecular weight is 304 g/mol. The molecule has 3 unspecified atom stereocenters. The fraction of sp³-hybridized carbons (Fsp3) is 0.438. The zero-order chi connectivity index (χ0) is 13.9. The quantitative estimate of drug-likeness (QED) is 0.934. The zero-order valence-electron chi connectivity index (χ0n) is 11.7. The first kappa shape index (κ1) is 14.2. The number of thioether (sulfide) groups is 2. The van der Waals surface area contributed by atoms with Crippen LogP contribution in [0.15, 0.2) is 36.5 Å². The van der Waals surface area contributed by atoms with E-state index in [4.69, 9.17) is 5.73 Å². The van der Waals surface area contributed by atoms with E-state index in [0.29, 0.717) is 10.5 Å². The second kappa shape index (κ2) is 6.37. The Kier molecular flexibility index (Phi) is 4.54. The van der Waals surface area contributed by atoms with E-state index in [1.807, 2.05) is 30.1 Å². The summed E-state index contributed by atoms with van der Waals surface area (Å²) in [6, 6.07) is 10.5. The van der Waals surface area contributed by atoms with Gasteiger partial charge < -0.3 is 5.73 Å². The molecule has 0 aliphatic carbocycles. The summed E-state index contributed by atoms with van der Waals surface area (Å²) in [5, 5.41) is 2.35. The van der Waals surface area contributed by atoms with Gasteiger partial charge in [-0.15, -0.1) is 0 Å². The highest BCUT2D eigenvalue weighted by Crippen LogP contribution is 2.39. The van der Waals surface area contributed by atoms with E-state index in [9.17, 15) is 0 Å². The fourth-order valence-corrected chi connectivity index (χ4v) is 5.91. The number of nitrogens with zero attached hydrogens (tertiary/aromatic N) is 1. The van der Waals surface area contributed by atoms with Crippen molar-refractivity contribution in [2.75, 3.05) is 11.5 Å².